The molecule has 0 aliphatic heterocycles. The monoisotopic (exact) mass is 223 g/mol. The van der Waals surface area contributed by atoms with E-state index in [1.165, 1.54) is 13.8 Å². The van der Waals surface area contributed by atoms with E-state index in [-0.39, 0.29) is 6.04 Å². The maximum Gasteiger partial charge on any atom is 0.310 e. The topological polar surface area (TPSA) is 83.5 Å². The molecular formula is C8H17NO4S. The van der Waals surface area contributed by atoms with Gasteiger partial charge < -0.3 is 5.11 Å². The normalized spacial score (nSPS) is 13.2. The quantitative estimate of drug-likeness (QED) is 0.707. The highest BCUT2D eigenvalue weighted by molar-refractivity contribution is 7.89. The molecule has 0 saturated heterocycles. The van der Waals surface area contributed by atoms with Crippen molar-refractivity contribution in [2.24, 2.45) is 5.41 Å². The van der Waals surface area contributed by atoms with E-state index in [1.807, 2.05) is 0 Å². The largest absolute Gasteiger partial charge is 0.481 e. The van der Waals surface area contributed by atoms with Gasteiger partial charge in [0.25, 0.3) is 0 Å². The molecule has 6 heteroatoms. The molecule has 0 aromatic rings. The lowest BCUT2D eigenvalue weighted by Gasteiger charge is -2.20. The Morgan fingerprint density at radius 3 is 2.14 bits per heavy atom. The molecule has 0 aliphatic rings. The number of nitrogens with one attached hydrogen (secondary N) is 1. The van der Waals surface area contributed by atoms with Crippen LogP contribution in [0.1, 0.15) is 27.7 Å². The van der Waals surface area contributed by atoms with Crippen LogP contribution in [0, 0.1) is 5.41 Å². The smallest absolute Gasteiger partial charge is 0.310 e. The van der Waals surface area contributed by atoms with E-state index in [9.17, 15) is 13.2 Å². The van der Waals surface area contributed by atoms with Crippen LogP contribution in [-0.4, -0.2) is 31.3 Å². The Bertz CT molecular complexity index is 305. The van der Waals surface area contributed by atoms with E-state index in [4.69, 9.17) is 5.11 Å². The summed E-state index contributed by atoms with van der Waals surface area (Å²) in [5, 5.41) is 8.75. The van der Waals surface area contributed by atoms with E-state index < -0.39 is 27.2 Å². The van der Waals surface area contributed by atoms with Gasteiger partial charge in [-0.25, -0.2) is 13.1 Å². The fourth-order valence-corrected chi connectivity index (χ4v) is 2.81. The van der Waals surface area contributed by atoms with Crippen molar-refractivity contribution in [2.45, 2.75) is 33.7 Å². The molecule has 0 fully saturated rings. The third kappa shape index (κ3) is 4.57. The van der Waals surface area contributed by atoms with Gasteiger partial charge in [0.15, 0.2) is 0 Å². The summed E-state index contributed by atoms with van der Waals surface area (Å²) in [4.78, 5) is 10.7. The minimum Gasteiger partial charge on any atom is -0.481 e. The number of rotatable bonds is 5. The molecule has 0 rings (SSSR count). The van der Waals surface area contributed by atoms with E-state index in [2.05, 4.69) is 4.72 Å². The maximum atomic E-state index is 11.4. The molecule has 0 amide bonds. The lowest BCUT2D eigenvalue weighted by Crippen LogP contribution is -2.40. The average Bonchev–Trinajstić information content (AvgIpc) is 1.79. The summed E-state index contributed by atoms with van der Waals surface area (Å²) in [6.45, 7) is 6.14. The van der Waals surface area contributed by atoms with Crippen molar-refractivity contribution in [2.75, 3.05) is 5.75 Å². The van der Waals surface area contributed by atoms with Gasteiger partial charge in [-0.2, -0.15) is 0 Å². The van der Waals surface area contributed by atoms with Crippen LogP contribution in [0.3, 0.4) is 0 Å². The summed E-state index contributed by atoms with van der Waals surface area (Å²) in [6.07, 6.45) is 0. The Kier molecular flexibility index (Phi) is 4.08. The predicted molar refractivity (Wildman–Crippen MR) is 53.5 cm³/mol. The molecule has 0 radical (unpaired) electrons. The zero-order valence-electron chi connectivity index (χ0n) is 8.86. The van der Waals surface area contributed by atoms with Gasteiger partial charge in [0.2, 0.25) is 10.0 Å². The molecule has 0 atom stereocenters. The molecule has 2 N–H and O–H groups in total. The van der Waals surface area contributed by atoms with Crippen molar-refractivity contribution < 1.29 is 18.3 Å². The van der Waals surface area contributed by atoms with Crippen LogP contribution in [0.2, 0.25) is 0 Å². The number of hydrogen-bond acceptors (Lipinski definition) is 3. The Labute approximate surface area is 84.6 Å². The van der Waals surface area contributed by atoms with E-state index in [0.29, 0.717) is 0 Å². The zero-order chi connectivity index (χ0) is 11.6. The molecule has 0 aromatic carbocycles. The highest BCUT2D eigenvalue weighted by Gasteiger charge is 2.33. The van der Waals surface area contributed by atoms with E-state index in [1.54, 1.807) is 13.8 Å². The maximum absolute atomic E-state index is 11.4. The van der Waals surface area contributed by atoms with Gasteiger partial charge in [-0.1, -0.05) is 0 Å². The van der Waals surface area contributed by atoms with Crippen molar-refractivity contribution in [3.05, 3.63) is 0 Å². The van der Waals surface area contributed by atoms with Gasteiger partial charge >= 0.3 is 5.97 Å². The molecule has 0 saturated carbocycles. The lowest BCUT2D eigenvalue weighted by molar-refractivity contribution is -0.145. The lowest BCUT2D eigenvalue weighted by atomic mass is 9.97. The highest BCUT2D eigenvalue weighted by atomic mass is 32.2. The minimum absolute atomic E-state index is 0.218. The number of carbonyl (C=O) groups is 1. The van der Waals surface area contributed by atoms with Gasteiger partial charge in [0.05, 0.1) is 11.2 Å². The van der Waals surface area contributed by atoms with Crippen LogP contribution in [0.5, 0.6) is 0 Å². The molecular weight excluding hydrogens is 206 g/mol. The van der Waals surface area contributed by atoms with Gasteiger partial charge in [0, 0.05) is 6.04 Å². The first-order valence-corrected chi connectivity index (χ1v) is 5.95. The van der Waals surface area contributed by atoms with Crippen molar-refractivity contribution >= 4 is 16.0 Å². The molecule has 0 heterocycles. The molecule has 0 aliphatic carbocycles. The summed E-state index contributed by atoms with van der Waals surface area (Å²) in [5.41, 5.74) is -1.26. The summed E-state index contributed by atoms with van der Waals surface area (Å²) >= 11 is 0. The van der Waals surface area contributed by atoms with Crippen molar-refractivity contribution in [1.82, 2.24) is 4.72 Å². The first kappa shape index (κ1) is 13.4. The molecule has 0 bridgehead atoms. The summed E-state index contributed by atoms with van der Waals surface area (Å²) in [5.74, 6) is -1.53. The van der Waals surface area contributed by atoms with Gasteiger partial charge in [-0.15, -0.1) is 0 Å². The summed E-state index contributed by atoms with van der Waals surface area (Å²) < 4.78 is 25.1. The molecule has 5 nitrogen and oxygen atoms in total. The Morgan fingerprint density at radius 1 is 1.43 bits per heavy atom. The highest BCUT2D eigenvalue weighted by Crippen LogP contribution is 2.17. The van der Waals surface area contributed by atoms with Crippen molar-refractivity contribution in [3.63, 3.8) is 0 Å². The zero-order valence-corrected chi connectivity index (χ0v) is 9.68. The van der Waals surface area contributed by atoms with Gasteiger partial charge in [-0.3, -0.25) is 4.79 Å². The van der Waals surface area contributed by atoms with Crippen LogP contribution in [0.15, 0.2) is 0 Å². The molecule has 0 aromatic heterocycles. The van der Waals surface area contributed by atoms with Crippen LogP contribution < -0.4 is 4.72 Å². The number of carboxylic acids is 1. The summed E-state index contributed by atoms with van der Waals surface area (Å²) in [6, 6.07) is -0.218. The number of hydrogen-bond donors (Lipinski definition) is 2. The predicted octanol–water partition coefficient (Wildman–Crippen LogP) is 0.425. The number of sulfonamides is 1. The van der Waals surface area contributed by atoms with Crippen molar-refractivity contribution in [1.29, 1.82) is 0 Å². The Morgan fingerprint density at radius 2 is 1.86 bits per heavy atom. The Balaban J connectivity index is 4.60. The van der Waals surface area contributed by atoms with Crippen LogP contribution in [-0.2, 0) is 14.8 Å². The second kappa shape index (κ2) is 4.27. The fourth-order valence-electron chi connectivity index (χ4n) is 0.938. The molecule has 14 heavy (non-hydrogen) atoms. The third-order valence-corrected chi connectivity index (χ3v) is 3.48. The van der Waals surface area contributed by atoms with Crippen LogP contribution in [0.4, 0.5) is 0 Å². The van der Waals surface area contributed by atoms with Gasteiger partial charge in [0.1, 0.15) is 0 Å². The van der Waals surface area contributed by atoms with E-state index >= 15 is 0 Å². The molecule has 0 spiro atoms. The number of carboxylic acid groups (broad SMARTS) is 1. The standard InChI is InChI=1S/C8H17NO4S/c1-6(2)9-14(12,13)5-8(3,4)7(10)11/h6,9H,5H2,1-4H3,(H,10,11). The molecule has 84 valence electrons. The second-order valence-corrected chi connectivity index (χ2v) is 5.97. The van der Waals surface area contributed by atoms with Crippen LogP contribution in [0.25, 0.3) is 0 Å². The average molecular weight is 223 g/mol. The first-order chi connectivity index (χ1) is 6.07. The van der Waals surface area contributed by atoms with Crippen LogP contribution >= 0.6 is 0 Å². The second-order valence-electron chi connectivity index (χ2n) is 4.22. The number of aliphatic carboxylic acids is 1. The Hall–Kier alpha value is -0.620. The summed E-state index contributed by atoms with van der Waals surface area (Å²) in [7, 11) is -3.51. The van der Waals surface area contributed by atoms with Gasteiger partial charge in [-0.05, 0) is 27.7 Å². The molecule has 0 unspecified atom stereocenters. The van der Waals surface area contributed by atoms with Crippen molar-refractivity contribution in [3.8, 4) is 0 Å². The fraction of sp³-hybridized carbons (Fsp3) is 0.875. The first-order valence-electron chi connectivity index (χ1n) is 4.30. The van der Waals surface area contributed by atoms with E-state index in [0.717, 1.165) is 0 Å². The minimum atomic E-state index is -3.51. The third-order valence-electron chi connectivity index (χ3n) is 1.55. The SMILES string of the molecule is CC(C)NS(=O)(=O)CC(C)(C)C(=O)O.